The molecule has 0 unspecified atom stereocenters. The lowest BCUT2D eigenvalue weighted by Crippen LogP contribution is -2.26. The summed E-state index contributed by atoms with van der Waals surface area (Å²) in [5.41, 5.74) is 3.62. The van der Waals surface area contributed by atoms with Crippen LogP contribution >= 0.6 is 0 Å². The van der Waals surface area contributed by atoms with Gasteiger partial charge in [0.05, 0.1) is 16.8 Å². The van der Waals surface area contributed by atoms with Crippen LogP contribution in [0.4, 0.5) is 0 Å². The molecule has 1 aliphatic rings. The number of benzene rings is 1. The van der Waals surface area contributed by atoms with Crippen molar-refractivity contribution < 1.29 is 9.59 Å². The minimum Gasteiger partial charge on any atom is -0.307 e. The SMILES string of the molecule is CCCCN1C(=O)C(=C(C)C)C(C=O)=C1c1ccccc1. The number of carbonyl (C=O) groups is 2. The van der Waals surface area contributed by atoms with Gasteiger partial charge in [0.2, 0.25) is 0 Å². The summed E-state index contributed by atoms with van der Waals surface area (Å²) in [7, 11) is 0. The smallest absolute Gasteiger partial charge is 0.259 e. The Balaban J connectivity index is 2.61. The molecule has 1 aromatic rings. The van der Waals surface area contributed by atoms with Crippen molar-refractivity contribution in [1.29, 1.82) is 0 Å². The van der Waals surface area contributed by atoms with Gasteiger partial charge < -0.3 is 4.90 Å². The molecule has 1 amide bonds. The molecule has 1 aliphatic heterocycles. The average molecular weight is 283 g/mol. The Hall–Kier alpha value is -2.16. The van der Waals surface area contributed by atoms with E-state index in [1.807, 2.05) is 44.2 Å². The molecular weight excluding hydrogens is 262 g/mol. The lowest BCUT2D eigenvalue weighted by atomic mass is 10.0. The van der Waals surface area contributed by atoms with Crippen molar-refractivity contribution in [3.05, 3.63) is 52.6 Å². The molecule has 0 aromatic heterocycles. The van der Waals surface area contributed by atoms with Crippen molar-refractivity contribution in [3.8, 4) is 0 Å². The Morgan fingerprint density at radius 3 is 2.38 bits per heavy atom. The van der Waals surface area contributed by atoms with Crippen molar-refractivity contribution in [3.63, 3.8) is 0 Å². The maximum absolute atomic E-state index is 12.7. The Labute approximate surface area is 126 Å². The molecule has 0 aliphatic carbocycles. The van der Waals surface area contributed by atoms with Crippen LogP contribution in [0.5, 0.6) is 0 Å². The quantitative estimate of drug-likeness (QED) is 0.612. The van der Waals surface area contributed by atoms with Crippen molar-refractivity contribution in [2.45, 2.75) is 33.6 Å². The second kappa shape index (κ2) is 6.53. The van der Waals surface area contributed by atoms with Gasteiger partial charge in [-0.05, 0) is 25.8 Å². The number of carbonyl (C=O) groups excluding carboxylic acids is 2. The second-order valence-electron chi connectivity index (χ2n) is 5.43. The van der Waals surface area contributed by atoms with Gasteiger partial charge in [0.1, 0.15) is 0 Å². The van der Waals surface area contributed by atoms with E-state index in [9.17, 15) is 9.59 Å². The van der Waals surface area contributed by atoms with Crippen molar-refractivity contribution in [2.24, 2.45) is 0 Å². The van der Waals surface area contributed by atoms with Gasteiger partial charge >= 0.3 is 0 Å². The third-order valence-corrected chi connectivity index (χ3v) is 3.65. The fourth-order valence-corrected chi connectivity index (χ4v) is 2.65. The van der Waals surface area contributed by atoms with Crippen molar-refractivity contribution >= 4 is 17.9 Å². The van der Waals surface area contributed by atoms with E-state index in [1.54, 1.807) is 4.90 Å². The van der Waals surface area contributed by atoms with Gasteiger partial charge in [0.15, 0.2) is 6.29 Å². The summed E-state index contributed by atoms with van der Waals surface area (Å²) in [6.45, 7) is 6.49. The predicted octanol–water partition coefficient (Wildman–Crippen LogP) is 3.58. The normalized spacial score (nSPS) is 14.9. The molecule has 0 saturated heterocycles. The topological polar surface area (TPSA) is 37.4 Å². The molecule has 1 heterocycles. The highest BCUT2D eigenvalue weighted by molar-refractivity contribution is 6.18. The monoisotopic (exact) mass is 283 g/mol. The molecule has 0 bridgehead atoms. The van der Waals surface area contributed by atoms with Gasteiger partial charge in [-0.25, -0.2) is 0 Å². The molecule has 3 nitrogen and oxygen atoms in total. The van der Waals surface area contributed by atoms with Crippen LogP contribution in [-0.4, -0.2) is 23.6 Å². The number of hydrogen-bond acceptors (Lipinski definition) is 2. The van der Waals surface area contributed by atoms with Gasteiger partial charge in [0, 0.05) is 6.54 Å². The summed E-state index contributed by atoms with van der Waals surface area (Å²) in [4.78, 5) is 26.0. The Bertz CT molecular complexity index is 607. The third-order valence-electron chi connectivity index (χ3n) is 3.65. The molecule has 1 aromatic carbocycles. The van der Waals surface area contributed by atoms with Gasteiger partial charge in [-0.1, -0.05) is 49.2 Å². The minimum absolute atomic E-state index is 0.0515. The molecule has 0 radical (unpaired) electrons. The largest absolute Gasteiger partial charge is 0.307 e. The summed E-state index contributed by atoms with van der Waals surface area (Å²) in [6, 6.07) is 9.67. The van der Waals surface area contributed by atoms with Crippen LogP contribution in [0.15, 0.2) is 47.1 Å². The number of allylic oxidation sites excluding steroid dienone is 1. The molecule has 0 spiro atoms. The maximum Gasteiger partial charge on any atom is 0.259 e. The highest BCUT2D eigenvalue weighted by atomic mass is 16.2. The Morgan fingerprint density at radius 2 is 1.86 bits per heavy atom. The highest BCUT2D eigenvalue weighted by Crippen LogP contribution is 2.36. The summed E-state index contributed by atoms with van der Waals surface area (Å²) in [5, 5.41) is 0. The summed E-state index contributed by atoms with van der Waals surface area (Å²) in [6.07, 6.45) is 2.74. The Kier molecular flexibility index (Phi) is 4.73. The van der Waals surface area contributed by atoms with Gasteiger partial charge in [-0.15, -0.1) is 0 Å². The second-order valence-corrected chi connectivity index (χ2v) is 5.43. The first kappa shape index (κ1) is 15.2. The number of hydrogen-bond donors (Lipinski definition) is 0. The van der Waals surface area contributed by atoms with E-state index in [0.717, 1.165) is 36.0 Å². The van der Waals surface area contributed by atoms with Crippen LogP contribution < -0.4 is 0 Å². The molecule has 0 fully saturated rings. The fourth-order valence-electron chi connectivity index (χ4n) is 2.65. The molecule has 110 valence electrons. The summed E-state index contributed by atoms with van der Waals surface area (Å²) < 4.78 is 0. The number of nitrogens with zero attached hydrogens (tertiary/aromatic N) is 1. The fraction of sp³-hybridized carbons (Fsp3) is 0.333. The number of unbranched alkanes of at least 4 members (excludes halogenated alkanes) is 1. The molecule has 0 atom stereocenters. The zero-order valence-electron chi connectivity index (χ0n) is 12.8. The zero-order chi connectivity index (χ0) is 15.4. The molecular formula is C18H21NO2. The first-order valence-corrected chi connectivity index (χ1v) is 7.36. The number of rotatable bonds is 5. The van der Waals surface area contributed by atoms with Crippen LogP contribution in [0.3, 0.4) is 0 Å². The average Bonchev–Trinajstić information content (AvgIpc) is 2.78. The highest BCUT2D eigenvalue weighted by Gasteiger charge is 2.35. The first-order valence-electron chi connectivity index (χ1n) is 7.36. The molecule has 2 rings (SSSR count). The van der Waals surface area contributed by atoms with Crippen LogP contribution in [0, 0.1) is 0 Å². The molecule has 21 heavy (non-hydrogen) atoms. The van der Waals surface area contributed by atoms with Gasteiger partial charge in [-0.2, -0.15) is 0 Å². The standard InChI is InChI=1S/C18H21NO2/c1-4-5-11-19-17(14-9-7-6-8-10-14)15(12-20)16(13(2)3)18(19)21/h6-10,12H,4-5,11H2,1-3H3. The lowest BCUT2D eigenvalue weighted by Gasteiger charge is -2.20. The van der Waals surface area contributed by atoms with E-state index >= 15 is 0 Å². The number of amides is 1. The maximum atomic E-state index is 12.7. The van der Waals surface area contributed by atoms with Crippen molar-refractivity contribution in [2.75, 3.05) is 6.54 Å². The van der Waals surface area contributed by atoms with E-state index in [1.165, 1.54) is 0 Å². The van der Waals surface area contributed by atoms with E-state index in [-0.39, 0.29) is 5.91 Å². The van der Waals surface area contributed by atoms with Gasteiger partial charge in [0.25, 0.3) is 5.91 Å². The lowest BCUT2D eigenvalue weighted by molar-refractivity contribution is -0.123. The van der Waals surface area contributed by atoms with Gasteiger partial charge in [-0.3, -0.25) is 9.59 Å². The Morgan fingerprint density at radius 1 is 1.19 bits per heavy atom. The zero-order valence-corrected chi connectivity index (χ0v) is 12.8. The number of aldehydes is 1. The van der Waals surface area contributed by atoms with Crippen LogP contribution in [0.25, 0.3) is 5.70 Å². The van der Waals surface area contributed by atoms with Crippen LogP contribution in [0.1, 0.15) is 39.2 Å². The van der Waals surface area contributed by atoms with E-state index < -0.39 is 0 Å². The van der Waals surface area contributed by atoms with E-state index in [4.69, 9.17) is 0 Å². The molecule has 0 N–H and O–H groups in total. The summed E-state index contributed by atoms with van der Waals surface area (Å²) >= 11 is 0. The van der Waals surface area contributed by atoms with Crippen molar-refractivity contribution in [1.82, 2.24) is 4.90 Å². The third kappa shape index (κ3) is 2.82. The van der Waals surface area contributed by atoms with Crippen LogP contribution in [0.2, 0.25) is 0 Å². The molecule has 0 saturated carbocycles. The predicted molar refractivity (Wildman–Crippen MR) is 84.4 cm³/mol. The minimum atomic E-state index is -0.0515. The summed E-state index contributed by atoms with van der Waals surface area (Å²) in [5.74, 6) is -0.0515. The van der Waals surface area contributed by atoms with E-state index in [2.05, 4.69) is 6.92 Å². The first-order chi connectivity index (χ1) is 10.1. The molecule has 3 heteroatoms. The van der Waals surface area contributed by atoms with E-state index in [0.29, 0.717) is 17.7 Å². The van der Waals surface area contributed by atoms with Crippen LogP contribution in [-0.2, 0) is 9.59 Å².